The lowest BCUT2D eigenvalue weighted by Gasteiger charge is -2.36. The Morgan fingerprint density at radius 2 is 1.86 bits per heavy atom. The third kappa shape index (κ3) is 5.35. The Labute approximate surface area is 169 Å². The van der Waals surface area contributed by atoms with Gasteiger partial charge in [0.25, 0.3) is 0 Å². The predicted molar refractivity (Wildman–Crippen MR) is 113 cm³/mol. The van der Waals surface area contributed by atoms with Crippen LogP contribution in [0.4, 0.5) is 5.69 Å². The van der Waals surface area contributed by atoms with Gasteiger partial charge in [-0.15, -0.1) is 0 Å². The first-order chi connectivity index (χ1) is 13.6. The number of fused-ring (bicyclic) bond motifs is 1. The molecule has 3 rings (SSSR count). The van der Waals surface area contributed by atoms with Crippen molar-refractivity contribution in [3.05, 3.63) is 54.1 Å². The van der Waals surface area contributed by atoms with Gasteiger partial charge >= 0.3 is 5.97 Å². The fourth-order valence-corrected chi connectivity index (χ4v) is 4.62. The van der Waals surface area contributed by atoms with Crippen molar-refractivity contribution in [3.8, 4) is 5.75 Å². The van der Waals surface area contributed by atoms with Crippen molar-refractivity contribution in [3.63, 3.8) is 0 Å². The summed E-state index contributed by atoms with van der Waals surface area (Å²) in [5.74, 6) is -0.129. The third-order valence-electron chi connectivity index (χ3n) is 4.39. The van der Waals surface area contributed by atoms with E-state index in [0.717, 1.165) is 34.7 Å². The number of carboxylic acids is 1. The first-order valence-corrected chi connectivity index (χ1v) is 10.9. The first kappa shape index (κ1) is 22.0. The fourth-order valence-electron chi connectivity index (χ4n) is 3.11. The van der Waals surface area contributed by atoms with Crippen molar-refractivity contribution >= 4 is 22.6 Å². The molecule has 2 atom stereocenters. The number of carbonyl (C=O) groups is 1. The summed E-state index contributed by atoms with van der Waals surface area (Å²) in [5, 5.41) is 9.28. The van der Waals surface area contributed by atoms with Gasteiger partial charge in [-0.05, 0) is 48.7 Å². The largest absolute Gasteiger partial charge is 0.494 e. The lowest BCUT2D eigenvalue weighted by atomic mass is 10.0. The van der Waals surface area contributed by atoms with Gasteiger partial charge in [-0.3, -0.25) is 9.10 Å². The third-order valence-corrected chi connectivity index (χ3v) is 6.04. The van der Waals surface area contributed by atoms with Gasteiger partial charge in [0.2, 0.25) is 0 Å². The Bertz CT molecular complexity index is 791. The van der Waals surface area contributed by atoms with Crippen LogP contribution in [0.1, 0.15) is 45.6 Å². The van der Waals surface area contributed by atoms with Crippen LogP contribution in [0.3, 0.4) is 0 Å². The van der Waals surface area contributed by atoms with E-state index in [1.54, 1.807) is 4.31 Å². The first-order valence-electron chi connectivity index (χ1n) is 9.84. The fraction of sp³-hybridized carbons (Fsp3) is 0.409. The normalized spacial score (nSPS) is 17.9. The highest BCUT2D eigenvalue weighted by Crippen LogP contribution is 2.33. The summed E-state index contributed by atoms with van der Waals surface area (Å²) in [6, 6.07) is 14.6. The minimum Gasteiger partial charge on any atom is -0.494 e. The van der Waals surface area contributed by atoms with Gasteiger partial charge in [-0.25, -0.2) is 4.21 Å². The molecule has 0 radical (unpaired) electrons. The van der Waals surface area contributed by atoms with E-state index in [0.29, 0.717) is 13.0 Å². The molecule has 1 aliphatic heterocycles. The smallest absolute Gasteiger partial charge is 0.305 e. The molecular weight excluding hydrogens is 374 g/mol. The zero-order chi connectivity index (χ0) is 20.5. The Kier molecular flexibility index (Phi) is 8.51. The monoisotopic (exact) mass is 403 g/mol. The zero-order valence-electron chi connectivity index (χ0n) is 16.8. The Morgan fingerprint density at radius 1 is 1.18 bits per heavy atom. The summed E-state index contributed by atoms with van der Waals surface area (Å²) < 4.78 is 20.5. The van der Waals surface area contributed by atoms with Gasteiger partial charge in [0.15, 0.2) is 11.0 Å². The van der Waals surface area contributed by atoms with Gasteiger partial charge in [-0.2, -0.15) is 0 Å². The molecule has 1 aliphatic rings. The summed E-state index contributed by atoms with van der Waals surface area (Å²) in [6.45, 7) is 6.78. The lowest BCUT2D eigenvalue weighted by Crippen LogP contribution is -2.43. The Morgan fingerprint density at radius 3 is 2.50 bits per heavy atom. The van der Waals surface area contributed by atoms with Gasteiger partial charge in [0.1, 0.15) is 5.75 Å². The average molecular weight is 404 g/mol. The maximum atomic E-state index is 13.1. The van der Waals surface area contributed by atoms with E-state index < -0.39 is 17.0 Å². The summed E-state index contributed by atoms with van der Waals surface area (Å²) >= 11 is 0. The molecule has 2 aromatic carbocycles. The van der Waals surface area contributed by atoms with Crippen LogP contribution in [0.5, 0.6) is 5.75 Å². The van der Waals surface area contributed by atoms with E-state index in [1.807, 2.05) is 62.4 Å². The highest BCUT2D eigenvalue weighted by Gasteiger charge is 2.33. The van der Waals surface area contributed by atoms with Crippen LogP contribution >= 0.6 is 0 Å². The lowest BCUT2D eigenvalue weighted by molar-refractivity contribution is -0.137. The number of rotatable bonds is 7. The molecule has 0 amide bonds. The molecule has 1 N–H and O–H groups in total. The van der Waals surface area contributed by atoms with Crippen LogP contribution in [-0.2, 0) is 22.2 Å². The van der Waals surface area contributed by atoms with E-state index in [9.17, 15) is 14.1 Å². The van der Waals surface area contributed by atoms with Crippen LogP contribution in [0, 0.1) is 0 Å². The van der Waals surface area contributed by atoms with Crippen LogP contribution < -0.4 is 9.04 Å². The Balaban J connectivity index is 0.00000136. The molecule has 6 heteroatoms. The molecule has 28 heavy (non-hydrogen) atoms. The molecule has 2 unspecified atom stereocenters. The molecule has 0 fully saturated rings. The molecule has 0 bridgehead atoms. The topological polar surface area (TPSA) is 66.8 Å². The maximum Gasteiger partial charge on any atom is 0.305 e. The van der Waals surface area contributed by atoms with Crippen molar-refractivity contribution in [2.24, 2.45) is 0 Å². The second kappa shape index (κ2) is 10.9. The van der Waals surface area contributed by atoms with Gasteiger partial charge in [0, 0.05) is 0 Å². The number of unbranched alkanes of at least 4 members (excludes halogenated alkanes) is 1. The number of benzene rings is 2. The number of ether oxygens (including phenoxy) is 1. The van der Waals surface area contributed by atoms with Gasteiger partial charge in [-0.1, -0.05) is 45.4 Å². The molecule has 2 aromatic rings. The molecule has 0 aromatic heterocycles. The Hall–Kier alpha value is -2.34. The number of nitrogens with zero attached hydrogens (tertiary/aromatic N) is 1. The SMILES string of the molecule is CC.CCCCOc1ccc(N2C(CC(=O)O)Cc3ccccc3S2=O)cc1. The van der Waals surface area contributed by atoms with Crippen LogP contribution in [0.15, 0.2) is 53.4 Å². The van der Waals surface area contributed by atoms with Crippen molar-refractivity contribution in [2.75, 3.05) is 10.9 Å². The molecule has 152 valence electrons. The summed E-state index contributed by atoms with van der Waals surface area (Å²) in [7, 11) is -1.43. The number of anilines is 1. The summed E-state index contributed by atoms with van der Waals surface area (Å²) in [4.78, 5) is 12.1. The zero-order valence-corrected chi connectivity index (χ0v) is 17.6. The standard InChI is InChI=1S/C20H23NO4S.C2H6/c1-2-3-12-25-18-10-8-16(9-11-18)21-17(14-20(22)23)13-15-6-4-5-7-19(15)26(21)24;1-2/h4-11,17H,2-3,12-14H2,1H3,(H,22,23);1-2H3. The summed E-state index contributed by atoms with van der Waals surface area (Å²) in [5.41, 5.74) is 1.69. The molecule has 0 saturated carbocycles. The van der Waals surface area contributed by atoms with E-state index in [-0.39, 0.29) is 12.5 Å². The number of hydrogen-bond donors (Lipinski definition) is 1. The second-order valence-electron chi connectivity index (χ2n) is 6.33. The maximum absolute atomic E-state index is 13.1. The molecule has 0 aliphatic carbocycles. The average Bonchev–Trinajstić information content (AvgIpc) is 2.70. The molecular formula is C22H29NO4S. The number of hydrogen-bond acceptors (Lipinski definition) is 3. The van der Waals surface area contributed by atoms with Gasteiger partial charge < -0.3 is 9.84 Å². The number of carboxylic acid groups (broad SMARTS) is 1. The molecule has 1 heterocycles. The van der Waals surface area contributed by atoms with E-state index >= 15 is 0 Å². The summed E-state index contributed by atoms with van der Waals surface area (Å²) in [6.07, 6.45) is 2.56. The van der Waals surface area contributed by atoms with Crippen LogP contribution in [0.2, 0.25) is 0 Å². The van der Waals surface area contributed by atoms with Gasteiger partial charge in [0.05, 0.1) is 29.7 Å². The van der Waals surface area contributed by atoms with Crippen molar-refractivity contribution in [1.29, 1.82) is 0 Å². The van der Waals surface area contributed by atoms with Crippen molar-refractivity contribution in [1.82, 2.24) is 0 Å². The minimum absolute atomic E-state index is 0.0607. The second-order valence-corrected chi connectivity index (χ2v) is 7.67. The van der Waals surface area contributed by atoms with E-state index in [2.05, 4.69) is 6.92 Å². The van der Waals surface area contributed by atoms with E-state index in [4.69, 9.17) is 4.74 Å². The molecule has 0 saturated heterocycles. The molecule has 0 spiro atoms. The predicted octanol–water partition coefficient (Wildman–Crippen LogP) is 4.82. The van der Waals surface area contributed by atoms with Crippen LogP contribution in [-0.4, -0.2) is 27.9 Å². The quantitative estimate of drug-likeness (QED) is 0.673. The number of aliphatic carboxylic acids is 1. The van der Waals surface area contributed by atoms with Crippen molar-refractivity contribution in [2.45, 2.75) is 57.4 Å². The van der Waals surface area contributed by atoms with E-state index in [1.165, 1.54) is 0 Å². The minimum atomic E-state index is -1.43. The molecule has 5 nitrogen and oxygen atoms in total. The highest BCUT2D eigenvalue weighted by atomic mass is 32.2. The van der Waals surface area contributed by atoms with Crippen molar-refractivity contribution < 1.29 is 18.8 Å². The van der Waals surface area contributed by atoms with Crippen LogP contribution in [0.25, 0.3) is 0 Å². The highest BCUT2D eigenvalue weighted by molar-refractivity contribution is 7.86.